The monoisotopic (exact) mass is 496 g/mol. The maximum atomic E-state index is 11.4. The van der Waals surface area contributed by atoms with Crippen molar-refractivity contribution in [3.05, 3.63) is 126 Å². The Bertz CT molecular complexity index is 1720. The van der Waals surface area contributed by atoms with Gasteiger partial charge in [-0.05, 0) is 42.0 Å². The molecule has 6 aromatic rings. The molecule has 0 aliphatic carbocycles. The van der Waals surface area contributed by atoms with Gasteiger partial charge in [0.2, 0.25) is 0 Å². The molecule has 6 rings (SSSR count). The van der Waals surface area contributed by atoms with E-state index in [0.717, 1.165) is 22.5 Å². The summed E-state index contributed by atoms with van der Waals surface area (Å²) in [6.45, 7) is 5.14. The van der Waals surface area contributed by atoms with Crippen molar-refractivity contribution in [3.63, 3.8) is 0 Å². The van der Waals surface area contributed by atoms with Gasteiger partial charge >= 0.3 is 0 Å². The van der Waals surface area contributed by atoms with Crippen molar-refractivity contribution < 1.29 is 5.11 Å². The number of aryl methyl sites for hydroxylation is 2. The Morgan fingerprint density at radius 2 is 1.39 bits per heavy atom. The highest BCUT2D eigenvalue weighted by Gasteiger charge is 2.23. The predicted molar refractivity (Wildman–Crippen MR) is 161 cm³/mol. The summed E-state index contributed by atoms with van der Waals surface area (Å²) in [5.74, 6) is 0. The lowest BCUT2D eigenvalue weighted by molar-refractivity contribution is 0.169. The Hall–Kier alpha value is -4.34. The number of nitrogens with zero attached hydrogens (tertiary/aromatic N) is 1. The van der Waals surface area contributed by atoms with Gasteiger partial charge in [-0.25, -0.2) is 0 Å². The van der Waals surface area contributed by atoms with E-state index in [2.05, 4.69) is 139 Å². The van der Waals surface area contributed by atoms with Crippen LogP contribution in [0.1, 0.15) is 11.1 Å². The molecule has 3 nitrogen and oxygen atoms in total. The molecule has 0 spiro atoms. The molecule has 1 atom stereocenters. The first kappa shape index (κ1) is 24.0. The van der Waals surface area contributed by atoms with E-state index in [4.69, 9.17) is 0 Å². The molecule has 0 aliphatic rings. The highest BCUT2D eigenvalue weighted by molar-refractivity contribution is 6.15. The van der Waals surface area contributed by atoms with Crippen molar-refractivity contribution >= 4 is 27.4 Å². The number of hydrogen-bond donors (Lipinski definition) is 2. The van der Waals surface area contributed by atoms with E-state index in [1.54, 1.807) is 0 Å². The predicted octanol–water partition coefficient (Wildman–Crippen LogP) is 8.22. The van der Waals surface area contributed by atoms with Crippen LogP contribution in [-0.4, -0.2) is 22.3 Å². The van der Waals surface area contributed by atoms with Crippen LogP contribution in [0.4, 0.5) is 5.69 Å². The van der Waals surface area contributed by atoms with Crippen LogP contribution in [-0.2, 0) is 6.54 Å². The van der Waals surface area contributed by atoms with Crippen LogP contribution >= 0.6 is 0 Å². The minimum Gasteiger partial charge on any atom is -0.389 e. The first-order valence-corrected chi connectivity index (χ1v) is 13.2. The molecule has 0 radical (unpaired) electrons. The highest BCUT2D eigenvalue weighted by Crippen LogP contribution is 2.43. The first-order chi connectivity index (χ1) is 18.6. The molecule has 0 fully saturated rings. The molecule has 0 bridgehead atoms. The standard InChI is InChI=1S/C35H32N2O/c1-24-17-20-32(25(2)21-24)36-22-29(38)23-37-34(28-14-7-4-8-15-28)33(27-12-5-3-6-13-27)31-19-18-26-11-9-10-16-30(26)35(31)37/h3-21,29,36,38H,22-23H2,1-2H3. The number of rotatable bonds is 7. The summed E-state index contributed by atoms with van der Waals surface area (Å²) in [4.78, 5) is 0. The van der Waals surface area contributed by atoms with Crippen LogP contribution in [0.15, 0.2) is 115 Å². The largest absolute Gasteiger partial charge is 0.389 e. The Kier molecular flexibility index (Phi) is 6.45. The van der Waals surface area contributed by atoms with Crippen LogP contribution in [0, 0.1) is 13.8 Å². The average molecular weight is 497 g/mol. The molecule has 5 aromatic carbocycles. The zero-order valence-corrected chi connectivity index (χ0v) is 21.9. The Morgan fingerprint density at radius 3 is 2.13 bits per heavy atom. The Balaban J connectivity index is 1.53. The van der Waals surface area contributed by atoms with E-state index in [-0.39, 0.29) is 0 Å². The number of fused-ring (bicyclic) bond motifs is 3. The second-order valence-corrected chi connectivity index (χ2v) is 10.1. The molecule has 188 valence electrons. The van der Waals surface area contributed by atoms with Crippen molar-refractivity contribution in [1.29, 1.82) is 0 Å². The quantitative estimate of drug-likeness (QED) is 0.234. The summed E-state index contributed by atoms with van der Waals surface area (Å²) >= 11 is 0. The number of anilines is 1. The summed E-state index contributed by atoms with van der Waals surface area (Å²) in [5, 5.41) is 18.5. The van der Waals surface area contributed by atoms with E-state index in [1.165, 1.54) is 38.4 Å². The van der Waals surface area contributed by atoms with Crippen LogP contribution < -0.4 is 5.32 Å². The number of nitrogens with one attached hydrogen (secondary N) is 1. The number of aliphatic hydroxyl groups excluding tert-OH is 1. The van der Waals surface area contributed by atoms with Crippen molar-refractivity contribution in [2.75, 3.05) is 11.9 Å². The smallest absolute Gasteiger partial charge is 0.0891 e. The first-order valence-electron chi connectivity index (χ1n) is 13.2. The van der Waals surface area contributed by atoms with Gasteiger partial charge in [-0.3, -0.25) is 0 Å². The van der Waals surface area contributed by atoms with Gasteiger partial charge in [0.05, 0.1) is 23.9 Å². The lowest BCUT2D eigenvalue weighted by atomic mass is 9.97. The number of aliphatic hydroxyl groups is 1. The zero-order chi connectivity index (χ0) is 26.1. The fourth-order valence-corrected chi connectivity index (χ4v) is 5.61. The second kappa shape index (κ2) is 10.2. The van der Waals surface area contributed by atoms with Gasteiger partial charge in [-0.1, -0.05) is 115 Å². The Labute approximate surface area is 224 Å². The van der Waals surface area contributed by atoms with Crippen LogP contribution in [0.25, 0.3) is 44.1 Å². The third kappa shape index (κ3) is 4.46. The lowest BCUT2D eigenvalue weighted by Crippen LogP contribution is -2.25. The molecule has 0 aliphatic heterocycles. The van der Waals surface area contributed by atoms with Crippen LogP contribution in [0.3, 0.4) is 0 Å². The van der Waals surface area contributed by atoms with Gasteiger partial charge in [0.25, 0.3) is 0 Å². The van der Waals surface area contributed by atoms with E-state index in [9.17, 15) is 5.11 Å². The normalized spacial score (nSPS) is 12.2. The van der Waals surface area contributed by atoms with Gasteiger partial charge in [0.1, 0.15) is 0 Å². The summed E-state index contributed by atoms with van der Waals surface area (Å²) in [6, 6.07) is 40.5. The van der Waals surface area contributed by atoms with Gasteiger partial charge < -0.3 is 15.0 Å². The van der Waals surface area contributed by atoms with Crippen LogP contribution in [0.5, 0.6) is 0 Å². The van der Waals surface area contributed by atoms with Crippen molar-refractivity contribution in [3.8, 4) is 22.4 Å². The summed E-state index contributed by atoms with van der Waals surface area (Å²) < 4.78 is 2.34. The number of aromatic nitrogens is 1. The molecule has 2 N–H and O–H groups in total. The molecular formula is C35H32N2O. The Morgan fingerprint density at radius 1 is 0.711 bits per heavy atom. The maximum Gasteiger partial charge on any atom is 0.0891 e. The third-order valence-corrected chi connectivity index (χ3v) is 7.36. The topological polar surface area (TPSA) is 37.2 Å². The fraction of sp³-hybridized carbons (Fsp3) is 0.143. The lowest BCUT2D eigenvalue weighted by Gasteiger charge is -2.19. The van der Waals surface area contributed by atoms with E-state index in [1.807, 2.05) is 0 Å². The molecule has 1 heterocycles. The molecule has 1 unspecified atom stereocenters. The van der Waals surface area contributed by atoms with Crippen molar-refractivity contribution in [1.82, 2.24) is 4.57 Å². The van der Waals surface area contributed by atoms with E-state index >= 15 is 0 Å². The minimum absolute atomic E-state index is 0.462. The van der Waals surface area contributed by atoms with Crippen LogP contribution in [0.2, 0.25) is 0 Å². The SMILES string of the molecule is Cc1ccc(NCC(O)Cn2c(-c3ccccc3)c(-c3ccccc3)c3ccc4ccccc4c32)c(C)c1. The van der Waals surface area contributed by atoms with Gasteiger partial charge in [0, 0.05) is 28.6 Å². The third-order valence-electron chi connectivity index (χ3n) is 7.36. The van der Waals surface area contributed by atoms with E-state index in [0.29, 0.717) is 13.1 Å². The molecule has 3 heteroatoms. The number of benzene rings is 5. The summed E-state index contributed by atoms with van der Waals surface area (Å²) in [6.07, 6.45) is -0.587. The molecular weight excluding hydrogens is 464 g/mol. The summed E-state index contributed by atoms with van der Waals surface area (Å²) in [5.41, 5.74) is 9.29. The molecule has 0 saturated carbocycles. The van der Waals surface area contributed by atoms with Crippen molar-refractivity contribution in [2.45, 2.75) is 26.5 Å². The number of hydrogen-bond acceptors (Lipinski definition) is 2. The summed E-state index contributed by atoms with van der Waals surface area (Å²) in [7, 11) is 0. The van der Waals surface area contributed by atoms with Gasteiger partial charge in [0.15, 0.2) is 0 Å². The molecule has 0 amide bonds. The zero-order valence-electron chi connectivity index (χ0n) is 21.9. The van der Waals surface area contributed by atoms with Gasteiger partial charge in [-0.15, -0.1) is 0 Å². The second-order valence-electron chi connectivity index (χ2n) is 10.1. The fourth-order valence-electron chi connectivity index (χ4n) is 5.61. The molecule has 0 saturated heterocycles. The van der Waals surface area contributed by atoms with Crippen molar-refractivity contribution in [2.24, 2.45) is 0 Å². The highest BCUT2D eigenvalue weighted by atomic mass is 16.3. The maximum absolute atomic E-state index is 11.4. The average Bonchev–Trinajstić information content (AvgIpc) is 3.28. The molecule has 1 aromatic heterocycles. The minimum atomic E-state index is -0.587. The van der Waals surface area contributed by atoms with Gasteiger partial charge in [-0.2, -0.15) is 0 Å². The van der Waals surface area contributed by atoms with E-state index < -0.39 is 6.10 Å². The molecule has 38 heavy (non-hydrogen) atoms.